The molecule has 5 rings (SSSR count). The summed E-state index contributed by atoms with van der Waals surface area (Å²) >= 11 is 12.2. The van der Waals surface area contributed by atoms with Gasteiger partial charge in [-0.05, 0) is 61.7 Å². The van der Waals surface area contributed by atoms with Crippen LogP contribution in [-0.2, 0) is 12.0 Å². The second-order valence-electron chi connectivity index (χ2n) is 8.89. The molecule has 0 atom stereocenters. The lowest BCUT2D eigenvalue weighted by Gasteiger charge is -2.18. The molecule has 2 aromatic carbocycles. The largest absolute Gasteiger partial charge is 0.334 e. The summed E-state index contributed by atoms with van der Waals surface area (Å²) < 4.78 is 2.16. The van der Waals surface area contributed by atoms with E-state index >= 15 is 0 Å². The maximum atomic E-state index is 13.1. The number of pyridine rings is 1. The molecule has 0 unspecified atom stereocenters. The summed E-state index contributed by atoms with van der Waals surface area (Å²) in [7, 11) is 0. The lowest BCUT2D eigenvalue weighted by atomic mass is 9.94. The number of aryl methyl sites for hydroxylation is 1. The molecule has 0 bridgehead atoms. The first-order valence-electron chi connectivity index (χ1n) is 11.5. The van der Waals surface area contributed by atoms with Gasteiger partial charge in [0, 0.05) is 36.1 Å². The second kappa shape index (κ2) is 9.76. The number of hydrogen-bond donors (Lipinski definition) is 2. The van der Waals surface area contributed by atoms with Crippen molar-refractivity contribution in [3.05, 3.63) is 106 Å². The van der Waals surface area contributed by atoms with Crippen LogP contribution in [0.5, 0.6) is 0 Å². The summed E-state index contributed by atoms with van der Waals surface area (Å²) in [5.41, 5.74) is 2.19. The number of benzene rings is 2. The van der Waals surface area contributed by atoms with Crippen LogP contribution in [-0.4, -0.2) is 26.3 Å². The number of nitrogens with one attached hydrogen (secondary N) is 2. The molecule has 2 N–H and O–H groups in total. The zero-order valence-electron chi connectivity index (χ0n) is 19.5. The molecule has 2 aromatic heterocycles. The minimum atomic E-state index is -0.455. The molecule has 0 aliphatic heterocycles. The predicted octanol–water partition coefficient (Wildman–Crippen LogP) is 6.13. The molecule has 1 fully saturated rings. The first kappa shape index (κ1) is 24.0. The first-order chi connectivity index (χ1) is 17.3. The molecular formula is C27H23Cl2N5O2. The average molecular weight is 520 g/mol. The predicted molar refractivity (Wildman–Crippen MR) is 141 cm³/mol. The number of hydrogen-bond acceptors (Lipinski definition) is 4. The molecule has 9 heteroatoms. The van der Waals surface area contributed by atoms with Gasteiger partial charge in [-0.3, -0.25) is 9.59 Å². The summed E-state index contributed by atoms with van der Waals surface area (Å²) in [5, 5.41) is 6.21. The molecule has 182 valence electrons. The lowest BCUT2D eigenvalue weighted by Crippen LogP contribution is -2.19. The van der Waals surface area contributed by atoms with Gasteiger partial charge in [0.25, 0.3) is 11.8 Å². The number of para-hydroxylation sites is 1. The fourth-order valence-electron chi connectivity index (χ4n) is 4.22. The normalized spacial score (nSPS) is 13.8. The third kappa shape index (κ3) is 4.98. The Kier molecular flexibility index (Phi) is 6.51. The number of rotatable bonds is 7. The fourth-order valence-corrected chi connectivity index (χ4v) is 4.55. The van der Waals surface area contributed by atoms with Crippen LogP contribution < -0.4 is 10.6 Å². The van der Waals surface area contributed by atoms with E-state index < -0.39 is 5.91 Å². The molecule has 0 radical (unpaired) electrons. The Bertz CT molecular complexity index is 1430. The third-order valence-electron chi connectivity index (χ3n) is 6.48. The fraction of sp³-hybridized carbons (Fsp3) is 0.185. The van der Waals surface area contributed by atoms with Gasteiger partial charge in [0.2, 0.25) is 0 Å². The van der Waals surface area contributed by atoms with Crippen LogP contribution in [0.4, 0.5) is 11.5 Å². The molecule has 1 aliphatic carbocycles. The van der Waals surface area contributed by atoms with Crippen molar-refractivity contribution < 1.29 is 9.59 Å². The number of nitrogens with zero attached hydrogens (tertiary/aromatic N) is 3. The van der Waals surface area contributed by atoms with Crippen molar-refractivity contribution >= 4 is 46.5 Å². The van der Waals surface area contributed by atoms with Crippen molar-refractivity contribution in [1.29, 1.82) is 0 Å². The van der Waals surface area contributed by atoms with Crippen molar-refractivity contribution in [2.45, 2.75) is 31.7 Å². The minimum absolute atomic E-state index is 0.0736. The minimum Gasteiger partial charge on any atom is -0.334 e. The van der Waals surface area contributed by atoms with E-state index in [-0.39, 0.29) is 27.6 Å². The van der Waals surface area contributed by atoms with Crippen molar-refractivity contribution in [3.8, 4) is 0 Å². The number of halogens is 2. The summed E-state index contributed by atoms with van der Waals surface area (Å²) in [4.78, 5) is 34.4. The van der Waals surface area contributed by atoms with Crippen molar-refractivity contribution in [2.75, 3.05) is 10.6 Å². The van der Waals surface area contributed by atoms with E-state index in [4.69, 9.17) is 23.2 Å². The molecule has 0 saturated heterocycles. The summed E-state index contributed by atoms with van der Waals surface area (Å²) in [6.07, 6.45) is 7.43. The van der Waals surface area contributed by atoms with E-state index in [1.165, 1.54) is 11.8 Å². The van der Waals surface area contributed by atoms with Gasteiger partial charge >= 0.3 is 0 Å². The summed E-state index contributed by atoms with van der Waals surface area (Å²) in [5.74, 6) is 0.507. The number of amides is 2. The number of imidazole rings is 1. The van der Waals surface area contributed by atoms with Crippen LogP contribution in [0.3, 0.4) is 0 Å². The number of aromatic nitrogens is 3. The van der Waals surface area contributed by atoms with Crippen LogP contribution in [0.25, 0.3) is 0 Å². The molecular weight excluding hydrogens is 497 g/mol. The van der Waals surface area contributed by atoms with Crippen molar-refractivity contribution in [3.63, 3.8) is 0 Å². The standard InChI is InChI=1S/C27H23Cl2N5O2/c1-17-30-13-14-34(17)16-27(11-12-27)19-7-5-18(6-8-19)25(35)33-24-21(3-2-4-22(24)29)26(36)32-23-10-9-20(28)15-31-23/h2-10,13-15H,11-12,16H2,1H3,(H,33,35)(H,31,32,36). The highest BCUT2D eigenvalue weighted by molar-refractivity contribution is 6.35. The number of anilines is 2. The zero-order valence-corrected chi connectivity index (χ0v) is 21.0. The Morgan fingerprint density at radius 3 is 2.39 bits per heavy atom. The molecule has 1 saturated carbocycles. The van der Waals surface area contributed by atoms with Gasteiger partial charge in [0.1, 0.15) is 11.6 Å². The topological polar surface area (TPSA) is 88.9 Å². The molecule has 2 heterocycles. The van der Waals surface area contributed by atoms with E-state index in [2.05, 4.69) is 25.2 Å². The third-order valence-corrected chi connectivity index (χ3v) is 7.01. The number of carbonyl (C=O) groups is 2. The van der Waals surface area contributed by atoms with Crippen molar-refractivity contribution in [2.24, 2.45) is 0 Å². The molecule has 1 aliphatic rings. The van der Waals surface area contributed by atoms with Gasteiger partial charge in [-0.1, -0.05) is 41.4 Å². The summed E-state index contributed by atoms with van der Waals surface area (Å²) in [6, 6.07) is 15.7. The van der Waals surface area contributed by atoms with Gasteiger partial charge in [-0.2, -0.15) is 0 Å². The maximum absolute atomic E-state index is 13.1. The summed E-state index contributed by atoms with van der Waals surface area (Å²) in [6.45, 7) is 2.86. The lowest BCUT2D eigenvalue weighted by molar-refractivity contribution is 0.102. The van der Waals surface area contributed by atoms with Crippen LogP contribution in [0, 0.1) is 6.92 Å². The van der Waals surface area contributed by atoms with Crippen LogP contribution in [0.2, 0.25) is 10.0 Å². The maximum Gasteiger partial charge on any atom is 0.258 e. The smallest absolute Gasteiger partial charge is 0.258 e. The first-order valence-corrected chi connectivity index (χ1v) is 12.2. The second-order valence-corrected chi connectivity index (χ2v) is 9.74. The Hall–Kier alpha value is -3.68. The highest BCUT2D eigenvalue weighted by atomic mass is 35.5. The van der Waals surface area contributed by atoms with E-state index in [1.54, 1.807) is 42.5 Å². The SMILES string of the molecule is Cc1nccn1CC1(c2ccc(C(=O)Nc3c(Cl)cccc3C(=O)Nc3ccc(Cl)cn3)cc2)CC1. The van der Waals surface area contributed by atoms with Gasteiger partial charge < -0.3 is 15.2 Å². The Morgan fingerprint density at radius 1 is 0.972 bits per heavy atom. The van der Waals surface area contributed by atoms with Crippen LogP contribution in [0.1, 0.15) is 44.9 Å². The van der Waals surface area contributed by atoms with Gasteiger partial charge in [-0.15, -0.1) is 0 Å². The molecule has 4 aromatic rings. The number of carbonyl (C=O) groups excluding carboxylic acids is 2. The van der Waals surface area contributed by atoms with E-state index in [9.17, 15) is 9.59 Å². The van der Waals surface area contributed by atoms with Crippen LogP contribution in [0.15, 0.2) is 73.2 Å². The van der Waals surface area contributed by atoms with E-state index in [0.717, 1.165) is 25.2 Å². The van der Waals surface area contributed by atoms with E-state index in [1.807, 2.05) is 31.5 Å². The van der Waals surface area contributed by atoms with Gasteiger partial charge in [0.05, 0.1) is 21.3 Å². The van der Waals surface area contributed by atoms with E-state index in [0.29, 0.717) is 16.4 Å². The molecule has 7 nitrogen and oxygen atoms in total. The molecule has 0 spiro atoms. The average Bonchev–Trinajstić information content (AvgIpc) is 3.56. The quantitative estimate of drug-likeness (QED) is 0.307. The zero-order chi connectivity index (χ0) is 25.3. The Balaban J connectivity index is 1.32. The Morgan fingerprint density at radius 2 is 1.75 bits per heavy atom. The monoisotopic (exact) mass is 519 g/mol. The molecule has 36 heavy (non-hydrogen) atoms. The van der Waals surface area contributed by atoms with Crippen molar-refractivity contribution in [1.82, 2.24) is 14.5 Å². The van der Waals surface area contributed by atoms with Gasteiger partial charge in [-0.25, -0.2) is 9.97 Å². The van der Waals surface area contributed by atoms with Crippen LogP contribution >= 0.6 is 23.2 Å². The Labute approximate surface area is 218 Å². The highest BCUT2D eigenvalue weighted by Crippen LogP contribution is 2.49. The molecule has 2 amide bonds. The highest BCUT2D eigenvalue weighted by Gasteiger charge is 2.44. The van der Waals surface area contributed by atoms with Gasteiger partial charge in [0.15, 0.2) is 0 Å².